The standard InChI is InChI=1S/C10H7/c1-2-6-10-8-4-3-7-9(10)5-1/h1-3,5-8H/p+1. The molecule has 0 heteroatoms. The predicted molar refractivity (Wildman–Crippen MR) is 43.9 cm³/mol. The average Bonchev–Trinajstić information content (AvgIpc) is 2.05. The van der Waals surface area contributed by atoms with Crippen LogP contribution in [-0.4, -0.2) is 0 Å². The van der Waals surface area contributed by atoms with Gasteiger partial charge in [-0.05, 0) is 22.9 Å². The summed E-state index contributed by atoms with van der Waals surface area (Å²) >= 11 is 0. The molecule has 10 heavy (non-hydrogen) atoms. The first-order valence-electron chi connectivity index (χ1n) is 3.32. The summed E-state index contributed by atoms with van der Waals surface area (Å²) < 4.78 is 0. The maximum Gasteiger partial charge on any atom is 1.00 e. The normalized spacial score (nSPS) is 10.0. The molecule has 0 N–H and O–H groups in total. The van der Waals surface area contributed by atoms with Crippen LogP contribution < -0.4 is 0 Å². The van der Waals surface area contributed by atoms with Crippen molar-refractivity contribution < 1.29 is 1.43 Å². The summed E-state index contributed by atoms with van der Waals surface area (Å²) in [4.78, 5) is 0. The summed E-state index contributed by atoms with van der Waals surface area (Å²) in [5.41, 5.74) is 0. The summed E-state index contributed by atoms with van der Waals surface area (Å²) in [6.45, 7) is 0. The fraction of sp³-hybridized carbons (Fsp3) is 0. The molecule has 0 heterocycles. The van der Waals surface area contributed by atoms with E-state index < -0.39 is 0 Å². The minimum absolute atomic E-state index is 0. The van der Waals surface area contributed by atoms with E-state index in [4.69, 9.17) is 0 Å². The Kier molecular flexibility index (Phi) is 1.17. The van der Waals surface area contributed by atoms with Gasteiger partial charge in [0.05, 0.1) is 0 Å². The van der Waals surface area contributed by atoms with E-state index in [0.29, 0.717) is 0 Å². The van der Waals surface area contributed by atoms with Gasteiger partial charge < -0.3 is 0 Å². The minimum atomic E-state index is 0. The number of hydrogen-bond acceptors (Lipinski definition) is 0. The smallest absolute Gasteiger partial charge is 0.0616 e. The quantitative estimate of drug-likeness (QED) is 0.511. The van der Waals surface area contributed by atoms with E-state index in [0.717, 1.165) is 0 Å². The van der Waals surface area contributed by atoms with E-state index in [2.05, 4.69) is 24.3 Å². The molecule has 0 amide bonds. The van der Waals surface area contributed by atoms with Gasteiger partial charge in [0.15, 0.2) is 0 Å². The van der Waals surface area contributed by atoms with Gasteiger partial charge in [0.1, 0.15) is 0 Å². The number of benzene rings is 2. The molecule has 0 atom stereocenters. The van der Waals surface area contributed by atoms with Crippen LogP contribution in [0.25, 0.3) is 10.8 Å². The van der Waals surface area contributed by atoms with Crippen LogP contribution in [0, 0.1) is 6.07 Å². The van der Waals surface area contributed by atoms with Crippen LogP contribution in [0.5, 0.6) is 0 Å². The Bertz CT molecular complexity index is 276. The van der Waals surface area contributed by atoms with Gasteiger partial charge in [-0.2, -0.15) is 0 Å². The molecule has 0 fully saturated rings. The molecule has 0 unspecified atom stereocenters. The molecule has 2 rings (SSSR count). The lowest BCUT2D eigenvalue weighted by atomic mass is 10.1. The van der Waals surface area contributed by atoms with Gasteiger partial charge in [0.2, 0.25) is 0 Å². The first-order chi connectivity index (χ1) is 4.97. The third-order valence-corrected chi connectivity index (χ3v) is 1.59. The van der Waals surface area contributed by atoms with Crippen molar-refractivity contribution >= 4 is 10.8 Å². The Labute approximate surface area is 61.6 Å². The molecular formula is C10H8+. The van der Waals surface area contributed by atoms with Gasteiger partial charge >= 0.3 is 1.43 Å². The zero-order valence-electron chi connectivity index (χ0n) is 6.54. The molecule has 0 saturated heterocycles. The van der Waals surface area contributed by atoms with Crippen molar-refractivity contribution in [3.05, 3.63) is 48.5 Å². The fourth-order valence-corrected chi connectivity index (χ4v) is 1.07. The molecule has 0 aromatic heterocycles. The van der Waals surface area contributed by atoms with E-state index in [9.17, 15) is 0 Å². The molecule has 0 nitrogen and oxygen atoms in total. The van der Waals surface area contributed by atoms with E-state index in [1.165, 1.54) is 10.8 Å². The largest absolute Gasteiger partial charge is 1.00 e. The Balaban J connectivity index is 0.000000605. The minimum Gasteiger partial charge on any atom is -0.0616 e. The average molecular weight is 128 g/mol. The van der Waals surface area contributed by atoms with Gasteiger partial charge in [-0.3, -0.25) is 0 Å². The van der Waals surface area contributed by atoms with Gasteiger partial charge in [0.25, 0.3) is 0 Å². The van der Waals surface area contributed by atoms with Crippen LogP contribution in [0.4, 0.5) is 0 Å². The second kappa shape index (κ2) is 2.14. The Morgan fingerprint density at radius 2 is 1.80 bits per heavy atom. The van der Waals surface area contributed by atoms with Gasteiger partial charge in [-0.25, -0.2) is 0 Å². The van der Waals surface area contributed by atoms with Crippen molar-refractivity contribution in [3.8, 4) is 0 Å². The van der Waals surface area contributed by atoms with Crippen molar-refractivity contribution in [1.29, 1.82) is 0 Å². The zero-order valence-corrected chi connectivity index (χ0v) is 5.54. The molecule has 47 valence electrons. The highest BCUT2D eigenvalue weighted by Gasteiger charge is 1.85. The Morgan fingerprint density at radius 1 is 1.00 bits per heavy atom. The topological polar surface area (TPSA) is 0 Å². The van der Waals surface area contributed by atoms with Crippen LogP contribution in [0.1, 0.15) is 1.43 Å². The SMILES string of the molecule is [H+].[c]1ccc2ccccc2c1. The monoisotopic (exact) mass is 128 g/mol. The first kappa shape index (κ1) is 5.48. The fourth-order valence-electron chi connectivity index (χ4n) is 1.07. The lowest BCUT2D eigenvalue weighted by molar-refractivity contribution is 1.74. The molecule has 0 spiro atoms. The zero-order chi connectivity index (χ0) is 6.81. The first-order valence-corrected chi connectivity index (χ1v) is 3.32. The highest BCUT2D eigenvalue weighted by molar-refractivity contribution is 5.81. The van der Waals surface area contributed by atoms with E-state index in [1.807, 2.05) is 24.3 Å². The second-order valence-corrected chi connectivity index (χ2v) is 2.27. The molecular weight excluding hydrogens is 120 g/mol. The van der Waals surface area contributed by atoms with Crippen molar-refractivity contribution in [2.24, 2.45) is 0 Å². The Hall–Kier alpha value is -1.30. The van der Waals surface area contributed by atoms with Crippen LogP contribution in [0.15, 0.2) is 42.5 Å². The number of hydrogen-bond donors (Lipinski definition) is 0. The van der Waals surface area contributed by atoms with Gasteiger partial charge in [-0.1, -0.05) is 36.4 Å². The highest BCUT2D eigenvalue weighted by atomic mass is 13.9. The molecule has 0 aliphatic rings. The predicted octanol–water partition coefficient (Wildman–Crippen LogP) is 2.75. The van der Waals surface area contributed by atoms with Crippen LogP contribution in [0.3, 0.4) is 0 Å². The summed E-state index contributed by atoms with van der Waals surface area (Å²) in [7, 11) is 0. The third kappa shape index (κ3) is 0.781. The molecule has 2 aromatic carbocycles. The van der Waals surface area contributed by atoms with Crippen LogP contribution in [-0.2, 0) is 0 Å². The maximum atomic E-state index is 3.04. The summed E-state index contributed by atoms with van der Waals surface area (Å²) in [5.74, 6) is 0. The third-order valence-electron chi connectivity index (χ3n) is 1.59. The summed E-state index contributed by atoms with van der Waals surface area (Å²) in [6.07, 6.45) is 0. The van der Waals surface area contributed by atoms with E-state index in [-0.39, 0.29) is 1.43 Å². The second-order valence-electron chi connectivity index (χ2n) is 2.27. The number of fused-ring (bicyclic) bond motifs is 1. The number of rotatable bonds is 0. The van der Waals surface area contributed by atoms with Crippen LogP contribution in [0.2, 0.25) is 0 Å². The van der Waals surface area contributed by atoms with E-state index in [1.54, 1.807) is 0 Å². The lowest BCUT2D eigenvalue weighted by Crippen LogP contribution is -1.67. The summed E-state index contributed by atoms with van der Waals surface area (Å²) in [6, 6.07) is 17.3. The van der Waals surface area contributed by atoms with E-state index >= 15 is 0 Å². The van der Waals surface area contributed by atoms with Crippen molar-refractivity contribution in [3.63, 3.8) is 0 Å². The van der Waals surface area contributed by atoms with Gasteiger partial charge in [0, 0.05) is 0 Å². The molecule has 0 bridgehead atoms. The molecule has 1 radical (unpaired) electrons. The summed E-state index contributed by atoms with van der Waals surface area (Å²) in [5, 5.41) is 2.53. The van der Waals surface area contributed by atoms with Crippen molar-refractivity contribution in [2.45, 2.75) is 0 Å². The van der Waals surface area contributed by atoms with Crippen LogP contribution >= 0.6 is 0 Å². The molecule has 2 aromatic rings. The lowest BCUT2D eigenvalue weighted by Gasteiger charge is -1.92. The maximum absolute atomic E-state index is 3.04. The Morgan fingerprint density at radius 3 is 2.60 bits per heavy atom. The molecule has 0 saturated carbocycles. The highest BCUT2D eigenvalue weighted by Crippen LogP contribution is 2.10. The van der Waals surface area contributed by atoms with Gasteiger partial charge in [-0.15, -0.1) is 0 Å². The van der Waals surface area contributed by atoms with Crippen molar-refractivity contribution in [2.75, 3.05) is 0 Å². The molecule has 0 aliphatic carbocycles. The van der Waals surface area contributed by atoms with Crippen molar-refractivity contribution in [1.82, 2.24) is 0 Å². The molecule has 0 aliphatic heterocycles.